The van der Waals surface area contributed by atoms with Gasteiger partial charge in [0, 0.05) is 0 Å². The molecule has 0 fully saturated rings. The van der Waals surface area contributed by atoms with E-state index in [2.05, 4.69) is 38.1 Å². The topological polar surface area (TPSA) is 18.5 Å². The molecule has 2 heteroatoms. The predicted molar refractivity (Wildman–Crippen MR) is 69.0 cm³/mol. The smallest absolute Gasteiger partial charge is 0.168 e. The molecule has 0 spiro atoms. The van der Waals surface area contributed by atoms with Gasteiger partial charge in [-0.3, -0.25) is 0 Å². The van der Waals surface area contributed by atoms with Crippen molar-refractivity contribution in [1.29, 1.82) is 0 Å². The number of allylic oxidation sites excluding steroid dienone is 1. The van der Waals surface area contributed by atoms with Crippen LogP contribution in [0, 0.1) is 6.92 Å². The molecule has 1 aromatic carbocycles. The normalized spacial score (nSPS) is 19.3. The van der Waals surface area contributed by atoms with Crippen LogP contribution in [-0.2, 0) is 11.3 Å². The minimum absolute atomic E-state index is 0.106. The Hall–Kier alpha value is -1.28. The minimum atomic E-state index is 0.106. The summed E-state index contributed by atoms with van der Waals surface area (Å²) < 4.78 is 0. The fourth-order valence-electron chi connectivity index (χ4n) is 2.01. The average Bonchev–Trinajstić information content (AvgIpc) is 2.38. The summed E-state index contributed by atoms with van der Waals surface area (Å²) >= 11 is 0. The standard InChI is InChI=1S/C15H20O2/c1-3-13-10-9-12(2)11-15(13)17-16-14-7-5-4-6-8-14/h5,7,9-11,14H,3-4,6,8H2,1-2H3. The second-order valence-electron chi connectivity index (χ2n) is 4.54. The molecule has 2 nitrogen and oxygen atoms in total. The molecule has 0 aliphatic heterocycles. The molecule has 1 atom stereocenters. The molecule has 92 valence electrons. The van der Waals surface area contributed by atoms with Gasteiger partial charge in [-0.1, -0.05) is 31.2 Å². The van der Waals surface area contributed by atoms with Gasteiger partial charge in [0.15, 0.2) is 5.75 Å². The molecule has 0 saturated carbocycles. The molecule has 2 rings (SSSR count). The number of benzene rings is 1. The maximum atomic E-state index is 5.50. The number of rotatable bonds is 4. The molecule has 1 aromatic rings. The largest absolute Gasteiger partial charge is 0.337 e. The SMILES string of the molecule is CCc1ccc(C)cc1OOC1C=CCCC1. The van der Waals surface area contributed by atoms with Gasteiger partial charge in [0.05, 0.1) is 0 Å². The maximum Gasteiger partial charge on any atom is 0.168 e. The fourth-order valence-corrected chi connectivity index (χ4v) is 2.01. The summed E-state index contributed by atoms with van der Waals surface area (Å²) in [7, 11) is 0. The summed E-state index contributed by atoms with van der Waals surface area (Å²) in [6.45, 7) is 4.19. The van der Waals surface area contributed by atoms with Crippen LogP contribution < -0.4 is 4.89 Å². The summed E-state index contributed by atoms with van der Waals surface area (Å²) in [6.07, 6.45) is 8.69. The highest BCUT2D eigenvalue weighted by atomic mass is 17.2. The highest BCUT2D eigenvalue weighted by molar-refractivity contribution is 5.36. The first kappa shape index (κ1) is 12.2. The molecule has 0 N–H and O–H groups in total. The van der Waals surface area contributed by atoms with Crippen LogP contribution in [0.4, 0.5) is 0 Å². The van der Waals surface area contributed by atoms with Crippen molar-refractivity contribution in [2.24, 2.45) is 0 Å². The van der Waals surface area contributed by atoms with E-state index in [1.54, 1.807) is 0 Å². The summed E-state index contributed by atoms with van der Waals surface area (Å²) in [6, 6.07) is 6.24. The first-order valence-corrected chi connectivity index (χ1v) is 6.39. The lowest BCUT2D eigenvalue weighted by atomic mass is 10.1. The van der Waals surface area contributed by atoms with Crippen molar-refractivity contribution in [2.75, 3.05) is 0 Å². The van der Waals surface area contributed by atoms with E-state index in [9.17, 15) is 0 Å². The second-order valence-corrected chi connectivity index (χ2v) is 4.54. The van der Waals surface area contributed by atoms with Crippen LogP contribution >= 0.6 is 0 Å². The summed E-state index contributed by atoms with van der Waals surface area (Å²) in [5.41, 5.74) is 2.38. The molecule has 0 radical (unpaired) electrons. The van der Waals surface area contributed by atoms with Crippen LogP contribution in [0.2, 0.25) is 0 Å². The van der Waals surface area contributed by atoms with E-state index in [1.165, 1.54) is 17.5 Å². The van der Waals surface area contributed by atoms with E-state index in [4.69, 9.17) is 9.78 Å². The van der Waals surface area contributed by atoms with E-state index in [0.29, 0.717) is 0 Å². The molecule has 0 aromatic heterocycles. The molecule has 0 saturated heterocycles. The van der Waals surface area contributed by atoms with E-state index in [-0.39, 0.29) is 6.10 Å². The van der Waals surface area contributed by atoms with Crippen LogP contribution in [0.25, 0.3) is 0 Å². The molecule has 1 unspecified atom stereocenters. The first-order chi connectivity index (χ1) is 8.29. The van der Waals surface area contributed by atoms with Gasteiger partial charge in [-0.15, -0.1) is 0 Å². The quantitative estimate of drug-likeness (QED) is 0.444. The number of hydrogen-bond acceptors (Lipinski definition) is 2. The molecule has 17 heavy (non-hydrogen) atoms. The van der Waals surface area contributed by atoms with E-state index in [1.807, 2.05) is 6.07 Å². The maximum absolute atomic E-state index is 5.50. The van der Waals surface area contributed by atoms with Crippen molar-refractivity contribution < 1.29 is 9.78 Å². The Labute approximate surface area is 103 Å². The van der Waals surface area contributed by atoms with Crippen LogP contribution in [0.1, 0.15) is 37.3 Å². The van der Waals surface area contributed by atoms with Crippen molar-refractivity contribution in [3.8, 4) is 5.75 Å². The van der Waals surface area contributed by atoms with Gasteiger partial charge in [0.25, 0.3) is 0 Å². The van der Waals surface area contributed by atoms with Crippen LogP contribution in [0.3, 0.4) is 0 Å². The van der Waals surface area contributed by atoms with Crippen molar-refractivity contribution >= 4 is 0 Å². The van der Waals surface area contributed by atoms with Gasteiger partial charge in [-0.25, -0.2) is 0 Å². The summed E-state index contributed by atoms with van der Waals surface area (Å²) in [5.74, 6) is 0.853. The van der Waals surface area contributed by atoms with Crippen molar-refractivity contribution in [3.63, 3.8) is 0 Å². The highest BCUT2D eigenvalue weighted by Gasteiger charge is 2.11. The summed E-state index contributed by atoms with van der Waals surface area (Å²) in [4.78, 5) is 11.0. The lowest BCUT2D eigenvalue weighted by Crippen LogP contribution is -2.15. The van der Waals surface area contributed by atoms with Crippen LogP contribution in [-0.4, -0.2) is 6.10 Å². The number of hydrogen-bond donors (Lipinski definition) is 0. The average molecular weight is 232 g/mol. The van der Waals surface area contributed by atoms with Gasteiger partial charge in [-0.05, 0) is 49.8 Å². The van der Waals surface area contributed by atoms with E-state index in [0.717, 1.165) is 25.0 Å². The lowest BCUT2D eigenvalue weighted by Gasteiger charge is -2.17. The first-order valence-electron chi connectivity index (χ1n) is 6.39. The van der Waals surface area contributed by atoms with Gasteiger partial charge in [0.1, 0.15) is 6.10 Å². The van der Waals surface area contributed by atoms with Gasteiger partial charge in [-0.2, -0.15) is 4.89 Å². The van der Waals surface area contributed by atoms with Gasteiger partial charge >= 0.3 is 0 Å². The third kappa shape index (κ3) is 3.34. The van der Waals surface area contributed by atoms with Crippen molar-refractivity contribution in [1.82, 2.24) is 0 Å². The molecular formula is C15H20O2. The zero-order valence-corrected chi connectivity index (χ0v) is 10.6. The molecule has 1 aliphatic carbocycles. The minimum Gasteiger partial charge on any atom is -0.337 e. The Morgan fingerprint density at radius 1 is 1.35 bits per heavy atom. The Morgan fingerprint density at radius 3 is 2.94 bits per heavy atom. The van der Waals surface area contributed by atoms with Crippen LogP contribution in [0.5, 0.6) is 5.75 Å². The van der Waals surface area contributed by atoms with E-state index < -0.39 is 0 Å². The van der Waals surface area contributed by atoms with Gasteiger partial charge in [0.2, 0.25) is 0 Å². The highest BCUT2D eigenvalue weighted by Crippen LogP contribution is 2.23. The van der Waals surface area contributed by atoms with Crippen molar-refractivity contribution in [2.45, 2.75) is 45.6 Å². The lowest BCUT2D eigenvalue weighted by molar-refractivity contribution is -0.234. The second kappa shape index (κ2) is 5.87. The predicted octanol–water partition coefficient (Wildman–Crippen LogP) is 3.98. The third-order valence-electron chi connectivity index (χ3n) is 3.08. The monoisotopic (exact) mass is 232 g/mol. The molecule has 0 bridgehead atoms. The van der Waals surface area contributed by atoms with Gasteiger partial charge < -0.3 is 4.89 Å². The molecule has 0 heterocycles. The Bertz CT molecular complexity index is 396. The zero-order chi connectivity index (χ0) is 12.1. The molecule has 1 aliphatic rings. The summed E-state index contributed by atoms with van der Waals surface area (Å²) in [5, 5.41) is 0. The third-order valence-corrected chi connectivity index (χ3v) is 3.08. The fraction of sp³-hybridized carbons (Fsp3) is 0.467. The van der Waals surface area contributed by atoms with Crippen molar-refractivity contribution in [3.05, 3.63) is 41.5 Å². The Balaban J connectivity index is 1.99. The molecule has 0 amide bonds. The zero-order valence-electron chi connectivity index (χ0n) is 10.6. The Kier molecular flexibility index (Phi) is 4.21. The molecular weight excluding hydrogens is 212 g/mol. The number of aryl methyl sites for hydroxylation is 2. The Morgan fingerprint density at radius 2 is 2.24 bits per heavy atom. The van der Waals surface area contributed by atoms with Crippen LogP contribution in [0.15, 0.2) is 30.4 Å². The van der Waals surface area contributed by atoms with E-state index >= 15 is 0 Å².